The maximum absolute atomic E-state index is 12.4. The van der Waals surface area contributed by atoms with Gasteiger partial charge >= 0.3 is 5.97 Å². The highest BCUT2D eigenvalue weighted by Gasteiger charge is 2.50. The number of ether oxygens (including phenoxy) is 1. The number of carbonyl (C=O) groups is 2. The molecule has 1 aromatic rings. The lowest BCUT2D eigenvalue weighted by Gasteiger charge is -2.33. The molecule has 1 fully saturated rings. The first kappa shape index (κ1) is 13.5. The predicted molar refractivity (Wildman–Crippen MR) is 65.7 cm³/mol. The molecule has 0 spiro atoms. The maximum Gasteiger partial charge on any atom is 0.332 e. The lowest BCUT2D eigenvalue weighted by atomic mass is 9.97. The topological polar surface area (TPSA) is 84.7 Å². The van der Waals surface area contributed by atoms with Crippen LogP contribution in [-0.2, 0) is 16.6 Å². The van der Waals surface area contributed by atoms with Crippen LogP contribution in [0, 0.1) is 0 Å². The van der Waals surface area contributed by atoms with E-state index in [1.807, 2.05) is 0 Å². The zero-order valence-electron chi connectivity index (χ0n) is 11.0. The molecule has 0 bridgehead atoms. The van der Waals surface area contributed by atoms with Gasteiger partial charge in [-0.2, -0.15) is 5.10 Å². The van der Waals surface area contributed by atoms with Crippen molar-refractivity contribution < 1.29 is 19.4 Å². The second-order valence-corrected chi connectivity index (χ2v) is 4.73. The van der Waals surface area contributed by atoms with E-state index in [4.69, 9.17) is 4.74 Å². The lowest BCUT2D eigenvalue weighted by molar-refractivity contribution is -0.151. The SMILES string of the molecule is COCC1(C(=O)O)CCCN1C(=O)c1cnn(C)c1. The van der Waals surface area contributed by atoms with Crippen LogP contribution in [0.25, 0.3) is 0 Å². The molecule has 0 aromatic carbocycles. The molecule has 1 aliphatic heterocycles. The van der Waals surface area contributed by atoms with Gasteiger partial charge in [0.15, 0.2) is 5.54 Å². The summed E-state index contributed by atoms with van der Waals surface area (Å²) in [4.78, 5) is 25.4. The maximum atomic E-state index is 12.4. The summed E-state index contributed by atoms with van der Waals surface area (Å²) >= 11 is 0. The number of hydrogen-bond donors (Lipinski definition) is 1. The summed E-state index contributed by atoms with van der Waals surface area (Å²) in [5.41, 5.74) is -0.868. The number of likely N-dealkylation sites (tertiary alicyclic amines) is 1. The highest BCUT2D eigenvalue weighted by molar-refractivity contribution is 5.98. The summed E-state index contributed by atoms with van der Waals surface area (Å²) in [5.74, 6) is -1.34. The van der Waals surface area contributed by atoms with E-state index in [2.05, 4.69) is 5.10 Å². The van der Waals surface area contributed by atoms with Crippen LogP contribution in [0.2, 0.25) is 0 Å². The molecule has 7 nitrogen and oxygen atoms in total. The van der Waals surface area contributed by atoms with Gasteiger partial charge in [-0.3, -0.25) is 9.48 Å². The first-order valence-corrected chi connectivity index (χ1v) is 6.04. The summed E-state index contributed by atoms with van der Waals surface area (Å²) in [6, 6.07) is 0. The molecule has 7 heteroatoms. The third-order valence-electron chi connectivity index (χ3n) is 3.47. The minimum absolute atomic E-state index is 0.00562. The van der Waals surface area contributed by atoms with Gasteiger partial charge in [0, 0.05) is 26.9 Å². The lowest BCUT2D eigenvalue weighted by Crippen LogP contribution is -2.56. The molecular formula is C12H17N3O4. The Balaban J connectivity index is 2.31. The quantitative estimate of drug-likeness (QED) is 0.838. The van der Waals surface area contributed by atoms with Gasteiger partial charge in [-0.15, -0.1) is 0 Å². The van der Waals surface area contributed by atoms with Crippen molar-refractivity contribution in [3.8, 4) is 0 Å². The minimum Gasteiger partial charge on any atom is -0.479 e. The fourth-order valence-corrected chi connectivity index (χ4v) is 2.54. The molecule has 104 valence electrons. The van der Waals surface area contributed by atoms with Crippen LogP contribution < -0.4 is 0 Å². The second-order valence-electron chi connectivity index (χ2n) is 4.73. The van der Waals surface area contributed by atoms with Crippen molar-refractivity contribution in [1.29, 1.82) is 0 Å². The smallest absolute Gasteiger partial charge is 0.332 e. The van der Waals surface area contributed by atoms with Crippen LogP contribution in [0.4, 0.5) is 0 Å². The number of amides is 1. The Morgan fingerprint density at radius 2 is 2.32 bits per heavy atom. The van der Waals surface area contributed by atoms with E-state index in [1.165, 1.54) is 22.9 Å². The van der Waals surface area contributed by atoms with E-state index in [0.29, 0.717) is 24.9 Å². The number of methoxy groups -OCH3 is 1. The summed E-state index contributed by atoms with van der Waals surface area (Å²) in [7, 11) is 3.15. The van der Waals surface area contributed by atoms with E-state index in [1.54, 1.807) is 13.2 Å². The zero-order chi connectivity index (χ0) is 14.0. The molecule has 1 aliphatic rings. The van der Waals surface area contributed by atoms with Gasteiger partial charge in [-0.05, 0) is 12.8 Å². The van der Waals surface area contributed by atoms with Crippen LogP contribution >= 0.6 is 0 Å². The third-order valence-corrected chi connectivity index (χ3v) is 3.47. The Kier molecular flexibility index (Phi) is 3.57. The Morgan fingerprint density at radius 1 is 1.58 bits per heavy atom. The van der Waals surface area contributed by atoms with Crippen LogP contribution in [-0.4, -0.2) is 57.5 Å². The van der Waals surface area contributed by atoms with Gasteiger partial charge in [0.1, 0.15) is 0 Å². The van der Waals surface area contributed by atoms with E-state index < -0.39 is 11.5 Å². The molecule has 0 saturated carbocycles. The average molecular weight is 267 g/mol. The number of hydrogen-bond acceptors (Lipinski definition) is 4. The van der Waals surface area contributed by atoms with Crippen molar-refractivity contribution in [2.24, 2.45) is 7.05 Å². The number of nitrogens with zero attached hydrogens (tertiary/aromatic N) is 3. The largest absolute Gasteiger partial charge is 0.479 e. The number of rotatable bonds is 4. The van der Waals surface area contributed by atoms with E-state index in [-0.39, 0.29) is 12.5 Å². The van der Waals surface area contributed by atoms with Gasteiger partial charge < -0.3 is 14.7 Å². The molecule has 1 saturated heterocycles. The third kappa shape index (κ3) is 2.21. The van der Waals surface area contributed by atoms with Crippen molar-refractivity contribution in [3.05, 3.63) is 18.0 Å². The van der Waals surface area contributed by atoms with Crippen LogP contribution in [0.1, 0.15) is 23.2 Å². The Labute approximate surface area is 110 Å². The van der Waals surface area contributed by atoms with Gasteiger partial charge in [-0.25, -0.2) is 4.79 Å². The van der Waals surface area contributed by atoms with Crippen LogP contribution in [0.3, 0.4) is 0 Å². The molecule has 2 heterocycles. The summed E-state index contributed by atoms with van der Waals surface area (Å²) in [5, 5.41) is 13.4. The number of aryl methyl sites for hydroxylation is 1. The second kappa shape index (κ2) is 5.00. The molecule has 1 aromatic heterocycles. The van der Waals surface area contributed by atoms with Gasteiger partial charge in [0.25, 0.3) is 5.91 Å². The molecule has 0 aliphatic carbocycles. The molecule has 19 heavy (non-hydrogen) atoms. The highest BCUT2D eigenvalue weighted by atomic mass is 16.5. The monoisotopic (exact) mass is 267 g/mol. The Hall–Kier alpha value is -1.89. The van der Waals surface area contributed by atoms with E-state index in [0.717, 1.165) is 0 Å². The predicted octanol–water partition coefficient (Wildman–Crippen LogP) is 0.126. The van der Waals surface area contributed by atoms with E-state index in [9.17, 15) is 14.7 Å². The van der Waals surface area contributed by atoms with Crippen molar-refractivity contribution in [2.45, 2.75) is 18.4 Å². The fourth-order valence-electron chi connectivity index (χ4n) is 2.54. The standard InChI is InChI=1S/C12H17N3O4/c1-14-7-9(6-13-14)10(16)15-5-3-4-12(15,8-19-2)11(17)18/h6-7H,3-5,8H2,1-2H3,(H,17,18). The minimum atomic E-state index is -1.26. The molecular weight excluding hydrogens is 250 g/mol. The average Bonchev–Trinajstić information content (AvgIpc) is 2.96. The first-order chi connectivity index (χ1) is 9.01. The Morgan fingerprint density at radius 3 is 2.84 bits per heavy atom. The van der Waals surface area contributed by atoms with Gasteiger partial charge in [-0.1, -0.05) is 0 Å². The van der Waals surface area contributed by atoms with Crippen molar-refractivity contribution in [3.63, 3.8) is 0 Å². The van der Waals surface area contributed by atoms with Gasteiger partial charge in [0.05, 0.1) is 18.4 Å². The number of carboxylic acid groups (broad SMARTS) is 1. The summed E-state index contributed by atoms with van der Waals surface area (Å²) in [6.45, 7) is 0.414. The molecule has 1 N–H and O–H groups in total. The van der Waals surface area contributed by atoms with Crippen molar-refractivity contribution >= 4 is 11.9 Å². The normalized spacial score (nSPS) is 22.7. The van der Waals surface area contributed by atoms with Gasteiger partial charge in [0.2, 0.25) is 0 Å². The number of carboxylic acids is 1. The summed E-state index contributed by atoms with van der Waals surface area (Å²) in [6.07, 6.45) is 4.09. The fraction of sp³-hybridized carbons (Fsp3) is 0.583. The highest BCUT2D eigenvalue weighted by Crippen LogP contribution is 2.31. The van der Waals surface area contributed by atoms with Crippen molar-refractivity contribution in [1.82, 2.24) is 14.7 Å². The summed E-state index contributed by atoms with van der Waals surface area (Å²) < 4.78 is 6.53. The molecule has 1 amide bonds. The first-order valence-electron chi connectivity index (χ1n) is 6.04. The molecule has 1 atom stereocenters. The van der Waals surface area contributed by atoms with Crippen LogP contribution in [0.5, 0.6) is 0 Å². The van der Waals surface area contributed by atoms with E-state index >= 15 is 0 Å². The molecule has 1 unspecified atom stereocenters. The number of carbonyl (C=O) groups excluding carboxylic acids is 1. The number of aromatic nitrogens is 2. The number of aliphatic carboxylic acids is 1. The zero-order valence-corrected chi connectivity index (χ0v) is 11.0. The molecule has 0 radical (unpaired) electrons. The molecule has 2 rings (SSSR count). The van der Waals surface area contributed by atoms with Crippen LogP contribution in [0.15, 0.2) is 12.4 Å². The van der Waals surface area contributed by atoms with Crippen molar-refractivity contribution in [2.75, 3.05) is 20.3 Å². The Bertz CT molecular complexity index is 499.